The summed E-state index contributed by atoms with van der Waals surface area (Å²) < 4.78 is 25.7. The van der Waals surface area contributed by atoms with Crippen LogP contribution < -0.4 is 4.74 Å². The summed E-state index contributed by atoms with van der Waals surface area (Å²) >= 11 is 6.94. The van der Waals surface area contributed by atoms with Gasteiger partial charge in [-0.1, -0.05) is 13.0 Å². The molecule has 0 saturated heterocycles. The van der Waals surface area contributed by atoms with Crippen LogP contribution in [0, 0.1) is 5.82 Å². The zero-order chi connectivity index (χ0) is 18.7. The van der Waals surface area contributed by atoms with Gasteiger partial charge in [0.1, 0.15) is 11.6 Å². The first-order chi connectivity index (χ1) is 12.5. The van der Waals surface area contributed by atoms with Crippen LogP contribution in [0.15, 0.2) is 56.0 Å². The molecular formula is C19H14Br2FNO3. The fourth-order valence-electron chi connectivity index (χ4n) is 2.32. The maximum absolute atomic E-state index is 13.3. The number of aliphatic imine (C=N–C) groups is 1. The number of benzene rings is 2. The molecule has 7 heteroatoms. The topological polar surface area (TPSA) is 47.9 Å². The van der Waals surface area contributed by atoms with Crippen LogP contribution in [0.25, 0.3) is 6.08 Å². The molecule has 0 fully saturated rings. The fraction of sp³-hybridized carbons (Fsp3) is 0.158. The molecule has 1 aliphatic rings. The van der Waals surface area contributed by atoms with Crippen molar-refractivity contribution in [3.63, 3.8) is 0 Å². The second-order valence-corrected chi connectivity index (χ2v) is 7.22. The number of hydrogen-bond acceptors (Lipinski definition) is 4. The Balaban J connectivity index is 1.91. The molecule has 1 aliphatic heterocycles. The molecule has 1 heterocycles. The third-order valence-corrected chi connectivity index (χ3v) is 4.64. The highest BCUT2D eigenvalue weighted by Crippen LogP contribution is 2.36. The van der Waals surface area contributed by atoms with Crippen LogP contribution in [0.5, 0.6) is 5.75 Å². The van der Waals surface area contributed by atoms with E-state index in [2.05, 4.69) is 36.9 Å². The number of esters is 1. The molecule has 26 heavy (non-hydrogen) atoms. The molecule has 0 N–H and O–H groups in total. The van der Waals surface area contributed by atoms with Crippen LogP contribution in [0.1, 0.15) is 24.5 Å². The van der Waals surface area contributed by atoms with Crippen LogP contribution in [0.3, 0.4) is 0 Å². The minimum Gasteiger partial charge on any atom is -0.491 e. The number of halogens is 3. The van der Waals surface area contributed by atoms with E-state index in [0.29, 0.717) is 17.9 Å². The minimum atomic E-state index is -0.581. The largest absolute Gasteiger partial charge is 0.491 e. The average Bonchev–Trinajstić information content (AvgIpc) is 2.95. The molecule has 0 aliphatic carbocycles. The Kier molecular flexibility index (Phi) is 5.88. The van der Waals surface area contributed by atoms with E-state index in [0.717, 1.165) is 20.9 Å². The smallest absolute Gasteiger partial charge is 0.363 e. The molecule has 3 rings (SSSR count). The summed E-state index contributed by atoms with van der Waals surface area (Å²) in [6.45, 7) is 2.63. The normalized spacial score (nSPS) is 15.2. The molecule has 0 aromatic heterocycles. The molecule has 0 saturated carbocycles. The van der Waals surface area contributed by atoms with Gasteiger partial charge in [-0.15, -0.1) is 0 Å². The summed E-state index contributed by atoms with van der Waals surface area (Å²) in [5, 5.41) is 0. The third kappa shape index (κ3) is 4.22. The van der Waals surface area contributed by atoms with Crippen LogP contribution in [-0.4, -0.2) is 18.5 Å². The van der Waals surface area contributed by atoms with E-state index in [-0.39, 0.29) is 11.6 Å². The molecular weight excluding hydrogens is 469 g/mol. The lowest BCUT2D eigenvalue weighted by Gasteiger charge is -2.10. The summed E-state index contributed by atoms with van der Waals surface area (Å²) in [5.74, 6) is -0.217. The maximum atomic E-state index is 13.3. The van der Waals surface area contributed by atoms with Gasteiger partial charge in [-0.05, 0) is 80.3 Å². The number of carbonyl (C=O) groups excluding carboxylic acids is 1. The van der Waals surface area contributed by atoms with E-state index in [1.165, 1.54) is 18.2 Å². The third-order valence-electron chi connectivity index (χ3n) is 3.47. The Bertz CT molecular complexity index is 902. The molecule has 2 aromatic carbocycles. The lowest BCUT2D eigenvalue weighted by atomic mass is 10.2. The second kappa shape index (κ2) is 8.14. The summed E-state index contributed by atoms with van der Waals surface area (Å²) in [6.07, 6.45) is 2.50. The van der Waals surface area contributed by atoms with Crippen LogP contribution in [0.2, 0.25) is 0 Å². The SMILES string of the molecule is CCCOc1c(Br)cc(/C=C2\N=C(c3cccc(F)c3)OC2=O)cc1Br. The Labute approximate surface area is 167 Å². The summed E-state index contributed by atoms with van der Waals surface area (Å²) in [5.41, 5.74) is 1.29. The van der Waals surface area contributed by atoms with E-state index in [4.69, 9.17) is 9.47 Å². The van der Waals surface area contributed by atoms with Crippen molar-refractivity contribution in [3.8, 4) is 5.75 Å². The summed E-state index contributed by atoms with van der Waals surface area (Å²) in [6, 6.07) is 9.39. The molecule has 0 amide bonds. The summed E-state index contributed by atoms with van der Waals surface area (Å²) in [7, 11) is 0. The number of hydrogen-bond donors (Lipinski definition) is 0. The zero-order valence-corrected chi connectivity index (χ0v) is 16.9. The zero-order valence-electron chi connectivity index (χ0n) is 13.8. The van der Waals surface area contributed by atoms with Gasteiger partial charge in [0.25, 0.3) is 0 Å². The van der Waals surface area contributed by atoms with Crippen molar-refractivity contribution in [1.29, 1.82) is 0 Å². The van der Waals surface area contributed by atoms with E-state index in [9.17, 15) is 9.18 Å². The standard InChI is InChI=1S/C19H14Br2FNO3/c1-2-6-25-17-14(20)7-11(8-15(17)21)9-16-19(24)26-18(23-16)12-4-3-5-13(22)10-12/h3-5,7-10H,2,6H2,1H3/b16-9-. The highest BCUT2D eigenvalue weighted by Gasteiger charge is 2.24. The van der Waals surface area contributed by atoms with E-state index in [1.54, 1.807) is 12.1 Å². The lowest BCUT2D eigenvalue weighted by molar-refractivity contribution is -0.129. The predicted molar refractivity (Wildman–Crippen MR) is 105 cm³/mol. The van der Waals surface area contributed by atoms with Crippen molar-refractivity contribution in [2.24, 2.45) is 4.99 Å². The molecule has 0 atom stereocenters. The van der Waals surface area contributed by atoms with Gasteiger partial charge in [0.05, 0.1) is 15.6 Å². The quantitative estimate of drug-likeness (QED) is 0.418. The van der Waals surface area contributed by atoms with Gasteiger partial charge >= 0.3 is 5.97 Å². The van der Waals surface area contributed by atoms with Gasteiger partial charge in [-0.3, -0.25) is 0 Å². The van der Waals surface area contributed by atoms with Gasteiger partial charge in [0, 0.05) is 5.56 Å². The van der Waals surface area contributed by atoms with Crippen molar-refractivity contribution in [1.82, 2.24) is 0 Å². The molecule has 134 valence electrons. The molecule has 0 radical (unpaired) electrons. The lowest BCUT2D eigenvalue weighted by Crippen LogP contribution is -2.05. The first-order valence-electron chi connectivity index (χ1n) is 7.88. The van der Waals surface area contributed by atoms with E-state index >= 15 is 0 Å². The fourth-order valence-corrected chi connectivity index (χ4v) is 3.77. The van der Waals surface area contributed by atoms with Gasteiger partial charge in [-0.25, -0.2) is 14.2 Å². The van der Waals surface area contributed by atoms with Crippen LogP contribution >= 0.6 is 31.9 Å². The van der Waals surface area contributed by atoms with E-state index < -0.39 is 11.8 Å². The van der Waals surface area contributed by atoms with Gasteiger partial charge in [0.2, 0.25) is 5.90 Å². The predicted octanol–water partition coefficient (Wildman–Crippen LogP) is 5.48. The van der Waals surface area contributed by atoms with Crippen LogP contribution in [0.4, 0.5) is 4.39 Å². The van der Waals surface area contributed by atoms with Gasteiger partial charge in [-0.2, -0.15) is 0 Å². The Morgan fingerprint density at radius 1 is 1.23 bits per heavy atom. The average molecular weight is 483 g/mol. The molecule has 0 bridgehead atoms. The van der Waals surface area contributed by atoms with Gasteiger partial charge < -0.3 is 9.47 Å². The highest BCUT2D eigenvalue weighted by atomic mass is 79.9. The molecule has 4 nitrogen and oxygen atoms in total. The maximum Gasteiger partial charge on any atom is 0.363 e. The Morgan fingerprint density at radius 3 is 2.62 bits per heavy atom. The van der Waals surface area contributed by atoms with Crippen molar-refractivity contribution in [2.45, 2.75) is 13.3 Å². The summed E-state index contributed by atoms with van der Waals surface area (Å²) in [4.78, 5) is 16.3. The van der Waals surface area contributed by atoms with Crippen molar-refractivity contribution < 1.29 is 18.7 Å². The van der Waals surface area contributed by atoms with Gasteiger partial charge in [0.15, 0.2) is 5.70 Å². The first-order valence-corrected chi connectivity index (χ1v) is 9.47. The molecule has 0 spiro atoms. The molecule has 2 aromatic rings. The molecule has 0 unspecified atom stereocenters. The number of cyclic esters (lactones) is 1. The van der Waals surface area contributed by atoms with Crippen molar-refractivity contribution in [2.75, 3.05) is 6.61 Å². The monoisotopic (exact) mass is 481 g/mol. The highest BCUT2D eigenvalue weighted by molar-refractivity contribution is 9.11. The van der Waals surface area contributed by atoms with Crippen molar-refractivity contribution in [3.05, 3.63) is 68.0 Å². The second-order valence-electron chi connectivity index (χ2n) is 5.51. The first kappa shape index (κ1) is 18.8. The Morgan fingerprint density at radius 2 is 1.96 bits per heavy atom. The van der Waals surface area contributed by atoms with Crippen LogP contribution in [-0.2, 0) is 9.53 Å². The minimum absolute atomic E-state index is 0.0850. The number of nitrogens with zero attached hydrogens (tertiary/aromatic N) is 1. The van der Waals surface area contributed by atoms with E-state index in [1.807, 2.05) is 19.1 Å². The number of carbonyl (C=O) groups is 1. The van der Waals surface area contributed by atoms with Crippen molar-refractivity contribution >= 4 is 49.8 Å². The Hall–Kier alpha value is -1.99. The number of rotatable bonds is 5. The number of ether oxygens (including phenoxy) is 2.